The summed E-state index contributed by atoms with van der Waals surface area (Å²) < 4.78 is 5.74. The van der Waals surface area contributed by atoms with Crippen LogP contribution in [0.3, 0.4) is 0 Å². The lowest BCUT2D eigenvalue weighted by molar-refractivity contribution is 0.468. The lowest BCUT2D eigenvalue weighted by Crippen LogP contribution is -1.89. The fraction of sp³-hybridized carbons (Fsp3) is 0. The molecule has 0 aliphatic rings. The quantitative estimate of drug-likeness (QED) is 0.693. The molecule has 0 atom stereocenters. The largest absolute Gasteiger partial charge is 0.438 e. The number of ether oxygens (including phenoxy) is 1. The Balaban J connectivity index is 2.07. The Bertz CT molecular complexity index is 686. The molecular weight excluding hydrogens is 248 g/mol. The summed E-state index contributed by atoms with van der Waals surface area (Å²) in [6, 6.07) is 12.9. The molecule has 0 unspecified atom stereocenters. The van der Waals surface area contributed by atoms with Gasteiger partial charge in [-0.1, -0.05) is 17.7 Å². The van der Waals surface area contributed by atoms with Crippen molar-refractivity contribution in [3.05, 3.63) is 59.9 Å². The van der Waals surface area contributed by atoms with E-state index in [1.807, 2.05) is 42.5 Å². The molecule has 3 rings (SSSR count). The summed E-state index contributed by atoms with van der Waals surface area (Å²) >= 11 is 5.94. The van der Waals surface area contributed by atoms with Gasteiger partial charge in [0, 0.05) is 28.9 Å². The van der Waals surface area contributed by atoms with E-state index >= 15 is 0 Å². The molecule has 2 heterocycles. The van der Waals surface area contributed by atoms with Crippen molar-refractivity contribution in [2.45, 2.75) is 0 Å². The minimum atomic E-state index is 0.556. The number of pyridine rings is 2. The maximum absolute atomic E-state index is 5.94. The molecule has 0 fully saturated rings. The molecule has 3 aromatic rings. The number of hydrogen-bond donors (Lipinski definition) is 0. The number of aromatic nitrogens is 2. The molecule has 0 saturated heterocycles. The molecule has 88 valence electrons. The molecule has 0 saturated carbocycles. The Morgan fingerprint density at radius 2 is 1.89 bits per heavy atom. The van der Waals surface area contributed by atoms with Crippen LogP contribution < -0.4 is 4.74 Å². The summed E-state index contributed by atoms with van der Waals surface area (Å²) in [6.07, 6.45) is 3.38. The van der Waals surface area contributed by atoms with Gasteiger partial charge in [-0.25, -0.2) is 4.98 Å². The fourth-order valence-corrected chi connectivity index (χ4v) is 1.87. The number of hydrogen-bond acceptors (Lipinski definition) is 3. The van der Waals surface area contributed by atoms with Crippen molar-refractivity contribution in [2.75, 3.05) is 0 Å². The van der Waals surface area contributed by atoms with Crippen molar-refractivity contribution < 1.29 is 4.74 Å². The summed E-state index contributed by atoms with van der Waals surface area (Å²) in [7, 11) is 0. The maximum atomic E-state index is 5.94. The van der Waals surface area contributed by atoms with Gasteiger partial charge in [0.25, 0.3) is 0 Å². The van der Waals surface area contributed by atoms with E-state index in [1.165, 1.54) is 0 Å². The highest BCUT2D eigenvalue weighted by atomic mass is 35.5. The first kappa shape index (κ1) is 11.0. The van der Waals surface area contributed by atoms with Gasteiger partial charge in [0.05, 0.1) is 5.52 Å². The molecule has 0 amide bonds. The molecule has 1 aromatic carbocycles. The van der Waals surface area contributed by atoms with Gasteiger partial charge in [0.2, 0.25) is 5.88 Å². The van der Waals surface area contributed by atoms with E-state index in [-0.39, 0.29) is 0 Å². The van der Waals surface area contributed by atoms with E-state index < -0.39 is 0 Å². The maximum Gasteiger partial charge on any atom is 0.219 e. The minimum absolute atomic E-state index is 0.556. The van der Waals surface area contributed by atoms with Crippen LogP contribution >= 0.6 is 11.6 Å². The van der Waals surface area contributed by atoms with Crippen molar-refractivity contribution in [3.63, 3.8) is 0 Å². The van der Waals surface area contributed by atoms with Crippen LogP contribution in [0, 0.1) is 0 Å². The summed E-state index contributed by atoms with van der Waals surface area (Å²) in [6.45, 7) is 0. The number of benzene rings is 1. The first-order valence-corrected chi connectivity index (χ1v) is 5.84. The molecule has 18 heavy (non-hydrogen) atoms. The molecule has 0 aliphatic heterocycles. The SMILES string of the molecule is Clc1ccc2c(Oc3ccccn3)ccnc2c1. The monoisotopic (exact) mass is 256 g/mol. The van der Waals surface area contributed by atoms with Gasteiger partial charge in [-0.3, -0.25) is 4.98 Å². The van der Waals surface area contributed by atoms with Gasteiger partial charge in [-0.05, 0) is 30.3 Å². The number of fused-ring (bicyclic) bond motifs is 1. The molecule has 0 N–H and O–H groups in total. The smallest absolute Gasteiger partial charge is 0.219 e. The first-order valence-electron chi connectivity index (χ1n) is 5.46. The van der Waals surface area contributed by atoms with Crippen molar-refractivity contribution >= 4 is 22.5 Å². The van der Waals surface area contributed by atoms with Crippen LogP contribution in [0.4, 0.5) is 0 Å². The van der Waals surface area contributed by atoms with Crippen LogP contribution in [0.15, 0.2) is 54.9 Å². The van der Waals surface area contributed by atoms with E-state index in [4.69, 9.17) is 16.3 Å². The number of nitrogens with zero attached hydrogens (tertiary/aromatic N) is 2. The van der Waals surface area contributed by atoms with E-state index in [0.717, 1.165) is 16.7 Å². The Hall–Kier alpha value is -2.13. The Morgan fingerprint density at radius 3 is 2.72 bits per heavy atom. The Labute approximate surface area is 109 Å². The van der Waals surface area contributed by atoms with Crippen LogP contribution in [0.5, 0.6) is 11.6 Å². The van der Waals surface area contributed by atoms with Crippen molar-refractivity contribution in [1.29, 1.82) is 0 Å². The second kappa shape index (κ2) is 4.63. The zero-order chi connectivity index (χ0) is 12.4. The third kappa shape index (κ3) is 2.13. The average molecular weight is 257 g/mol. The zero-order valence-electron chi connectivity index (χ0n) is 9.38. The van der Waals surface area contributed by atoms with Gasteiger partial charge < -0.3 is 4.74 Å². The second-order valence-corrected chi connectivity index (χ2v) is 4.18. The topological polar surface area (TPSA) is 35.0 Å². The van der Waals surface area contributed by atoms with Crippen LogP contribution in [-0.4, -0.2) is 9.97 Å². The molecule has 0 bridgehead atoms. The van der Waals surface area contributed by atoms with Crippen molar-refractivity contribution in [2.24, 2.45) is 0 Å². The van der Waals surface area contributed by atoms with Gasteiger partial charge in [0.15, 0.2) is 0 Å². The molecular formula is C14H9ClN2O. The molecule has 4 heteroatoms. The van der Waals surface area contributed by atoms with E-state index in [1.54, 1.807) is 12.4 Å². The molecule has 0 radical (unpaired) electrons. The van der Waals surface area contributed by atoms with Gasteiger partial charge in [-0.2, -0.15) is 0 Å². The molecule has 2 aromatic heterocycles. The highest BCUT2D eigenvalue weighted by Gasteiger charge is 2.05. The highest BCUT2D eigenvalue weighted by Crippen LogP contribution is 2.29. The second-order valence-electron chi connectivity index (χ2n) is 3.74. The lowest BCUT2D eigenvalue weighted by Gasteiger charge is -2.07. The minimum Gasteiger partial charge on any atom is -0.438 e. The Morgan fingerprint density at radius 1 is 0.944 bits per heavy atom. The fourth-order valence-electron chi connectivity index (χ4n) is 1.70. The molecule has 0 aliphatic carbocycles. The van der Waals surface area contributed by atoms with E-state index in [9.17, 15) is 0 Å². The van der Waals surface area contributed by atoms with Gasteiger partial charge in [0.1, 0.15) is 5.75 Å². The van der Waals surface area contributed by atoms with Crippen LogP contribution in [0.1, 0.15) is 0 Å². The van der Waals surface area contributed by atoms with Crippen LogP contribution in [0.25, 0.3) is 10.9 Å². The van der Waals surface area contributed by atoms with Crippen LogP contribution in [-0.2, 0) is 0 Å². The van der Waals surface area contributed by atoms with Gasteiger partial charge >= 0.3 is 0 Å². The molecule has 0 spiro atoms. The normalized spacial score (nSPS) is 10.5. The highest BCUT2D eigenvalue weighted by molar-refractivity contribution is 6.31. The first-order chi connectivity index (χ1) is 8.83. The summed E-state index contributed by atoms with van der Waals surface area (Å²) in [5, 5.41) is 1.57. The predicted molar refractivity (Wildman–Crippen MR) is 71.1 cm³/mol. The van der Waals surface area contributed by atoms with E-state index in [0.29, 0.717) is 10.9 Å². The van der Waals surface area contributed by atoms with Crippen LogP contribution in [0.2, 0.25) is 5.02 Å². The van der Waals surface area contributed by atoms with E-state index in [2.05, 4.69) is 9.97 Å². The summed E-state index contributed by atoms with van der Waals surface area (Å²) in [5.74, 6) is 1.27. The number of rotatable bonds is 2. The summed E-state index contributed by atoms with van der Waals surface area (Å²) in [5.41, 5.74) is 0.802. The number of halogens is 1. The van der Waals surface area contributed by atoms with Crippen molar-refractivity contribution in [1.82, 2.24) is 9.97 Å². The predicted octanol–water partition coefficient (Wildman–Crippen LogP) is 4.08. The van der Waals surface area contributed by atoms with Gasteiger partial charge in [-0.15, -0.1) is 0 Å². The lowest BCUT2D eigenvalue weighted by atomic mass is 10.2. The average Bonchev–Trinajstić information content (AvgIpc) is 2.40. The Kier molecular flexibility index (Phi) is 2.82. The zero-order valence-corrected chi connectivity index (χ0v) is 10.1. The third-order valence-electron chi connectivity index (χ3n) is 2.52. The van der Waals surface area contributed by atoms with Crippen molar-refractivity contribution in [3.8, 4) is 11.6 Å². The molecule has 3 nitrogen and oxygen atoms in total. The standard InChI is InChI=1S/C14H9ClN2O/c15-10-4-5-11-12(9-10)16-8-6-13(11)18-14-3-1-2-7-17-14/h1-9H. The third-order valence-corrected chi connectivity index (χ3v) is 2.75. The summed E-state index contributed by atoms with van der Waals surface area (Å²) in [4.78, 5) is 8.39.